The van der Waals surface area contributed by atoms with Crippen molar-refractivity contribution in [3.63, 3.8) is 0 Å². The first-order valence-corrected chi connectivity index (χ1v) is 8.48. The zero-order valence-corrected chi connectivity index (χ0v) is 14.1. The second-order valence-corrected chi connectivity index (χ2v) is 6.63. The number of nitrogens with one attached hydrogen (secondary N) is 1. The van der Waals surface area contributed by atoms with Gasteiger partial charge in [-0.3, -0.25) is 0 Å². The van der Waals surface area contributed by atoms with E-state index >= 15 is 0 Å². The molecular formula is C19H25NO3. The molecule has 0 fully saturated rings. The third-order valence-corrected chi connectivity index (χ3v) is 4.63. The van der Waals surface area contributed by atoms with Crippen LogP contribution in [-0.4, -0.2) is 18.3 Å². The van der Waals surface area contributed by atoms with E-state index in [2.05, 4.69) is 12.2 Å². The topological polar surface area (TPSA) is 47.6 Å². The maximum absolute atomic E-state index is 12.6. The van der Waals surface area contributed by atoms with Gasteiger partial charge in [0.1, 0.15) is 5.75 Å². The number of ether oxygens (including phenoxy) is 2. The lowest BCUT2D eigenvalue weighted by atomic mass is 9.78. The van der Waals surface area contributed by atoms with Gasteiger partial charge < -0.3 is 14.8 Å². The zero-order valence-electron chi connectivity index (χ0n) is 14.1. The van der Waals surface area contributed by atoms with Crippen LogP contribution >= 0.6 is 0 Å². The Bertz CT molecular complexity index is 637. The SMILES string of the molecule is CCCCCOC(=O)C1=C(C)NC2(C)CC1c1ccccc1O2. The normalized spacial score (nSPS) is 25.3. The van der Waals surface area contributed by atoms with Crippen molar-refractivity contribution < 1.29 is 14.3 Å². The minimum atomic E-state index is -0.463. The van der Waals surface area contributed by atoms with E-state index in [1.165, 1.54) is 0 Å². The number of fused-ring (bicyclic) bond motifs is 4. The second-order valence-electron chi connectivity index (χ2n) is 6.63. The molecule has 2 aliphatic rings. The smallest absolute Gasteiger partial charge is 0.336 e. The van der Waals surface area contributed by atoms with Crippen molar-refractivity contribution in [1.82, 2.24) is 5.32 Å². The molecule has 3 rings (SSSR count). The Kier molecular flexibility index (Phi) is 4.33. The summed E-state index contributed by atoms with van der Waals surface area (Å²) in [7, 11) is 0. The Morgan fingerprint density at radius 1 is 1.39 bits per heavy atom. The molecule has 1 aromatic rings. The van der Waals surface area contributed by atoms with Crippen molar-refractivity contribution in [3.05, 3.63) is 41.1 Å². The summed E-state index contributed by atoms with van der Waals surface area (Å²) in [5, 5.41) is 3.35. The fraction of sp³-hybridized carbons (Fsp3) is 0.526. The number of benzene rings is 1. The summed E-state index contributed by atoms with van der Waals surface area (Å²) in [5.74, 6) is 0.683. The minimum absolute atomic E-state index is 0.0323. The van der Waals surface area contributed by atoms with E-state index in [9.17, 15) is 4.79 Å². The molecule has 23 heavy (non-hydrogen) atoms. The molecule has 4 heteroatoms. The van der Waals surface area contributed by atoms with Gasteiger partial charge in [0.15, 0.2) is 5.72 Å². The van der Waals surface area contributed by atoms with E-state index in [0.717, 1.165) is 48.3 Å². The van der Waals surface area contributed by atoms with Crippen LogP contribution < -0.4 is 10.1 Å². The minimum Gasteiger partial charge on any atom is -0.468 e. The summed E-state index contributed by atoms with van der Waals surface area (Å²) >= 11 is 0. The van der Waals surface area contributed by atoms with Crippen molar-refractivity contribution in [2.24, 2.45) is 0 Å². The van der Waals surface area contributed by atoms with Crippen molar-refractivity contribution in [2.75, 3.05) is 6.61 Å². The molecule has 124 valence electrons. The number of para-hydroxylation sites is 1. The molecule has 1 N–H and O–H groups in total. The predicted octanol–water partition coefficient (Wildman–Crippen LogP) is 3.88. The molecule has 4 nitrogen and oxygen atoms in total. The maximum Gasteiger partial charge on any atom is 0.336 e. The first-order chi connectivity index (χ1) is 11.0. The second kappa shape index (κ2) is 6.26. The van der Waals surface area contributed by atoms with Crippen LogP contribution in [0.2, 0.25) is 0 Å². The first kappa shape index (κ1) is 15.9. The monoisotopic (exact) mass is 315 g/mol. The number of hydrogen-bond donors (Lipinski definition) is 1. The lowest BCUT2D eigenvalue weighted by molar-refractivity contribution is -0.140. The van der Waals surface area contributed by atoms with Crippen LogP contribution in [0.4, 0.5) is 0 Å². The summed E-state index contributed by atoms with van der Waals surface area (Å²) in [4.78, 5) is 12.6. The maximum atomic E-state index is 12.6. The van der Waals surface area contributed by atoms with Gasteiger partial charge in [0, 0.05) is 23.6 Å². The fourth-order valence-electron chi connectivity index (χ4n) is 3.59. The molecule has 0 radical (unpaired) electrons. The van der Waals surface area contributed by atoms with Crippen LogP contribution in [0.1, 0.15) is 57.9 Å². The van der Waals surface area contributed by atoms with Crippen LogP contribution in [0, 0.1) is 0 Å². The number of esters is 1. The van der Waals surface area contributed by atoms with Crippen LogP contribution in [0.15, 0.2) is 35.5 Å². The summed E-state index contributed by atoms with van der Waals surface area (Å²) in [5.41, 5.74) is 2.22. The Labute approximate surface area is 137 Å². The van der Waals surface area contributed by atoms with Gasteiger partial charge in [-0.2, -0.15) is 0 Å². The largest absolute Gasteiger partial charge is 0.468 e. The molecule has 2 atom stereocenters. The summed E-state index contributed by atoms with van der Waals surface area (Å²) in [6.45, 7) is 6.60. The predicted molar refractivity (Wildman–Crippen MR) is 89.2 cm³/mol. The molecule has 0 amide bonds. The third-order valence-electron chi connectivity index (χ3n) is 4.63. The van der Waals surface area contributed by atoms with E-state index in [-0.39, 0.29) is 11.9 Å². The van der Waals surface area contributed by atoms with Crippen LogP contribution in [0.25, 0.3) is 0 Å². The molecular weight excluding hydrogens is 290 g/mol. The van der Waals surface area contributed by atoms with Gasteiger partial charge in [0.2, 0.25) is 0 Å². The molecule has 0 aromatic heterocycles. The van der Waals surface area contributed by atoms with E-state index < -0.39 is 5.72 Å². The van der Waals surface area contributed by atoms with E-state index in [4.69, 9.17) is 9.47 Å². The highest BCUT2D eigenvalue weighted by Gasteiger charge is 2.45. The van der Waals surface area contributed by atoms with Gasteiger partial charge in [0.05, 0.1) is 12.2 Å². The number of carbonyl (C=O) groups excluding carboxylic acids is 1. The van der Waals surface area contributed by atoms with Crippen molar-refractivity contribution >= 4 is 5.97 Å². The highest BCUT2D eigenvalue weighted by atomic mass is 16.5. The highest BCUT2D eigenvalue weighted by molar-refractivity contribution is 5.91. The molecule has 0 spiro atoms. The lowest BCUT2D eigenvalue weighted by Gasteiger charge is -2.45. The molecule has 2 unspecified atom stereocenters. The number of hydrogen-bond acceptors (Lipinski definition) is 4. The van der Waals surface area contributed by atoms with E-state index in [1.807, 2.05) is 38.1 Å². The van der Waals surface area contributed by atoms with Crippen LogP contribution in [0.5, 0.6) is 5.75 Å². The number of carbonyl (C=O) groups is 1. The average Bonchev–Trinajstić information content (AvgIpc) is 2.50. The molecule has 0 saturated heterocycles. The standard InChI is InChI=1S/C19H25NO3/c1-4-5-8-11-22-18(21)17-13(2)20-19(3)12-15(17)14-9-6-7-10-16(14)23-19/h6-7,9-10,15,20H,4-5,8,11-12H2,1-3H3. The fourth-order valence-corrected chi connectivity index (χ4v) is 3.59. The van der Waals surface area contributed by atoms with Crippen LogP contribution in [-0.2, 0) is 9.53 Å². The quantitative estimate of drug-likeness (QED) is 0.662. The molecule has 1 aromatic carbocycles. The van der Waals surface area contributed by atoms with Crippen LogP contribution in [0.3, 0.4) is 0 Å². The third kappa shape index (κ3) is 3.07. The van der Waals surface area contributed by atoms with Gasteiger partial charge in [-0.15, -0.1) is 0 Å². The first-order valence-electron chi connectivity index (χ1n) is 8.48. The molecule has 2 bridgehead atoms. The van der Waals surface area contributed by atoms with Gasteiger partial charge in [-0.25, -0.2) is 4.79 Å². The zero-order chi connectivity index (χ0) is 16.4. The van der Waals surface area contributed by atoms with Crippen molar-refractivity contribution in [1.29, 1.82) is 0 Å². The average molecular weight is 315 g/mol. The Morgan fingerprint density at radius 2 is 2.17 bits per heavy atom. The summed E-state index contributed by atoms with van der Waals surface area (Å²) in [6, 6.07) is 7.96. The highest BCUT2D eigenvalue weighted by Crippen LogP contribution is 2.47. The summed E-state index contributed by atoms with van der Waals surface area (Å²) < 4.78 is 11.6. The van der Waals surface area contributed by atoms with E-state index in [0.29, 0.717) is 6.61 Å². The molecule has 0 saturated carbocycles. The van der Waals surface area contributed by atoms with Gasteiger partial charge in [-0.05, 0) is 26.3 Å². The number of unbranched alkanes of at least 4 members (excludes halogenated alkanes) is 2. The van der Waals surface area contributed by atoms with E-state index in [1.54, 1.807) is 0 Å². The Balaban J connectivity index is 1.86. The van der Waals surface area contributed by atoms with Crippen molar-refractivity contribution in [2.45, 2.75) is 58.1 Å². The molecule has 2 aliphatic heterocycles. The lowest BCUT2D eigenvalue weighted by Crippen LogP contribution is -2.54. The van der Waals surface area contributed by atoms with Gasteiger partial charge >= 0.3 is 5.97 Å². The molecule has 2 heterocycles. The van der Waals surface area contributed by atoms with Gasteiger partial charge in [-0.1, -0.05) is 38.0 Å². The Morgan fingerprint density at radius 3 is 2.96 bits per heavy atom. The molecule has 0 aliphatic carbocycles. The van der Waals surface area contributed by atoms with Crippen molar-refractivity contribution in [3.8, 4) is 5.75 Å². The number of allylic oxidation sites excluding steroid dienone is 1. The van der Waals surface area contributed by atoms with Gasteiger partial charge in [0.25, 0.3) is 0 Å². The Hall–Kier alpha value is -1.97. The summed E-state index contributed by atoms with van der Waals surface area (Å²) in [6.07, 6.45) is 3.86. The number of rotatable bonds is 5.